The fourth-order valence-corrected chi connectivity index (χ4v) is 4.09. The summed E-state index contributed by atoms with van der Waals surface area (Å²) in [6.07, 6.45) is 2.97. The fourth-order valence-electron chi connectivity index (χ4n) is 4.09. The Bertz CT molecular complexity index is 911. The Morgan fingerprint density at radius 1 is 0.909 bits per heavy atom. The lowest BCUT2D eigenvalue weighted by Gasteiger charge is -2.30. The number of alkyl carbamates (subject to hydrolysis) is 1. The molecule has 0 unspecified atom stereocenters. The summed E-state index contributed by atoms with van der Waals surface area (Å²) in [6.45, 7) is 2.08. The molecule has 0 saturated heterocycles. The fraction of sp³-hybridized carbons (Fsp3) is 0.423. The van der Waals surface area contributed by atoms with Crippen LogP contribution in [-0.2, 0) is 32.1 Å². The van der Waals surface area contributed by atoms with Gasteiger partial charge in [0.25, 0.3) is 0 Å². The van der Waals surface area contributed by atoms with E-state index >= 15 is 0 Å². The Morgan fingerprint density at radius 2 is 1.52 bits per heavy atom. The Labute approximate surface area is 194 Å². The number of esters is 1. The lowest BCUT2D eigenvalue weighted by molar-refractivity contribution is -0.148. The van der Waals surface area contributed by atoms with Gasteiger partial charge in [0.2, 0.25) is 5.91 Å². The van der Waals surface area contributed by atoms with Gasteiger partial charge in [0.15, 0.2) is 0 Å². The highest BCUT2D eigenvalue weighted by Crippen LogP contribution is 2.30. The summed E-state index contributed by atoms with van der Waals surface area (Å²) in [5.74, 6) is -0.843. The van der Waals surface area contributed by atoms with Gasteiger partial charge >= 0.3 is 12.1 Å². The lowest BCUT2D eigenvalue weighted by atomic mass is 9.95. The molecule has 0 aromatic heterocycles. The number of nitrogens with one attached hydrogen (secondary N) is 2. The van der Waals surface area contributed by atoms with Crippen LogP contribution in [0.2, 0.25) is 0 Å². The molecule has 0 radical (unpaired) electrons. The zero-order valence-corrected chi connectivity index (χ0v) is 19.0. The summed E-state index contributed by atoms with van der Waals surface area (Å²) < 4.78 is 10.5. The number of carbonyl (C=O) groups is 3. The Morgan fingerprint density at radius 3 is 2.12 bits per heavy atom. The van der Waals surface area contributed by atoms with Gasteiger partial charge in [0.05, 0.1) is 6.61 Å². The van der Waals surface area contributed by atoms with Gasteiger partial charge in [-0.2, -0.15) is 0 Å². The summed E-state index contributed by atoms with van der Waals surface area (Å²) in [6, 6.07) is 18.3. The molecular weight excluding hydrogens is 420 g/mol. The van der Waals surface area contributed by atoms with E-state index in [1.165, 1.54) is 0 Å². The van der Waals surface area contributed by atoms with Crippen molar-refractivity contribution in [1.29, 1.82) is 0 Å². The Kier molecular flexibility index (Phi) is 8.87. The molecule has 1 aliphatic carbocycles. The van der Waals surface area contributed by atoms with Gasteiger partial charge in [-0.05, 0) is 43.7 Å². The van der Waals surface area contributed by atoms with Crippen molar-refractivity contribution < 1.29 is 23.9 Å². The van der Waals surface area contributed by atoms with Gasteiger partial charge in [0, 0.05) is 0 Å². The summed E-state index contributed by atoms with van der Waals surface area (Å²) in [5, 5.41) is 5.64. The molecule has 2 N–H and O–H groups in total. The molecule has 1 saturated carbocycles. The number of benzene rings is 2. The van der Waals surface area contributed by atoms with Crippen molar-refractivity contribution in [1.82, 2.24) is 10.6 Å². The molecule has 2 amide bonds. The molecule has 0 aliphatic heterocycles. The number of hydrogen-bond acceptors (Lipinski definition) is 5. The minimum absolute atomic E-state index is 0.118. The zero-order valence-electron chi connectivity index (χ0n) is 19.0. The third-order valence-corrected chi connectivity index (χ3v) is 5.89. The van der Waals surface area contributed by atoms with E-state index in [0.29, 0.717) is 25.7 Å². The minimum atomic E-state index is -1.09. The van der Waals surface area contributed by atoms with Crippen molar-refractivity contribution in [2.75, 3.05) is 6.61 Å². The van der Waals surface area contributed by atoms with Gasteiger partial charge in [-0.25, -0.2) is 9.59 Å². The molecule has 1 fully saturated rings. The van der Waals surface area contributed by atoms with Crippen LogP contribution in [0.1, 0.15) is 50.2 Å². The molecule has 7 nitrogen and oxygen atoms in total. The second-order valence-corrected chi connectivity index (χ2v) is 8.28. The molecule has 2 aromatic rings. The topological polar surface area (TPSA) is 93.7 Å². The third kappa shape index (κ3) is 7.07. The Balaban J connectivity index is 1.63. The molecule has 33 heavy (non-hydrogen) atoms. The molecule has 0 heterocycles. The van der Waals surface area contributed by atoms with Gasteiger partial charge in [0.1, 0.15) is 18.2 Å². The maximum absolute atomic E-state index is 13.3. The number of amides is 2. The quantitative estimate of drug-likeness (QED) is 0.533. The average Bonchev–Trinajstić information content (AvgIpc) is 3.31. The van der Waals surface area contributed by atoms with E-state index in [1.807, 2.05) is 60.7 Å². The highest BCUT2D eigenvalue weighted by atomic mass is 16.5. The number of rotatable bonds is 10. The van der Waals surface area contributed by atoms with Crippen LogP contribution in [0, 0.1) is 0 Å². The van der Waals surface area contributed by atoms with Gasteiger partial charge in [-0.3, -0.25) is 4.79 Å². The van der Waals surface area contributed by atoms with Crippen LogP contribution >= 0.6 is 0 Å². The van der Waals surface area contributed by atoms with Crippen LogP contribution in [0.15, 0.2) is 60.7 Å². The maximum atomic E-state index is 13.3. The van der Waals surface area contributed by atoms with Crippen LogP contribution < -0.4 is 10.6 Å². The van der Waals surface area contributed by atoms with E-state index in [2.05, 4.69) is 10.6 Å². The van der Waals surface area contributed by atoms with Crippen LogP contribution in [0.5, 0.6) is 0 Å². The van der Waals surface area contributed by atoms with Crippen molar-refractivity contribution in [2.24, 2.45) is 0 Å². The molecule has 0 bridgehead atoms. The van der Waals surface area contributed by atoms with E-state index in [9.17, 15) is 14.4 Å². The second-order valence-electron chi connectivity index (χ2n) is 8.28. The standard InChI is InChI=1S/C26H32N2O5/c1-2-32-23(29)22(16-15-20-11-5-3-6-12-20)27-24(30)26(17-9-10-18-26)28-25(31)33-19-21-13-7-4-8-14-21/h3-8,11-14,22H,2,9-10,15-19H2,1H3,(H,27,30)(H,28,31)/t22-/m0/s1. The van der Waals surface area contributed by atoms with E-state index in [4.69, 9.17) is 9.47 Å². The van der Waals surface area contributed by atoms with Crippen LogP contribution in [0.4, 0.5) is 4.79 Å². The summed E-state index contributed by atoms with van der Waals surface area (Å²) in [7, 11) is 0. The number of carbonyl (C=O) groups excluding carboxylic acids is 3. The second kappa shape index (κ2) is 12.0. The summed E-state index contributed by atoms with van der Waals surface area (Å²) >= 11 is 0. The Hall–Kier alpha value is -3.35. The summed E-state index contributed by atoms with van der Waals surface area (Å²) in [4.78, 5) is 38.4. The first-order valence-electron chi connectivity index (χ1n) is 11.5. The average molecular weight is 453 g/mol. The molecular formula is C26H32N2O5. The molecule has 0 spiro atoms. The normalized spacial score (nSPS) is 15.3. The number of hydrogen-bond donors (Lipinski definition) is 2. The van der Waals surface area contributed by atoms with Crippen molar-refractivity contribution in [3.8, 4) is 0 Å². The monoisotopic (exact) mass is 452 g/mol. The van der Waals surface area contributed by atoms with Gasteiger partial charge < -0.3 is 20.1 Å². The van der Waals surface area contributed by atoms with Crippen LogP contribution in [0.25, 0.3) is 0 Å². The first-order valence-corrected chi connectivity index (χ1v) is 11.5. The highest BCUT2D eigenvalue weighted by molar-refractivity contribution is 5.93. The van der Waals surface area contributed by atoms with E-state index in [0.717, 1.165) is 24.0 Å². The molecule has 1 atom stereocenters. The highest BCUT2D eigenvalue weighted by Gasteiger charge is 2.44. The lowest BCUT2D eigenvalue weighted by Crippen LogP contribution is -2.60. The van der Waals surface area contributed by atoms with Crippen molar-refractivity contribution in [3.05, 3.63) is 71.8 Å². The van der Waals surface area contributed by atoms with Crippen LogP contribution in [-0.4, -0.2) is 36.2 Å². The third-order valence-electron chi connectivity index (χ3n) is 5.89. The molecule has 3 rings (SSSR count). The van der Waals surface area contributed by atoms with Crippen molar-refractivity contribution >= 4 is 18.0 Å². The SMILES string of the molecule is CCOC(=O)[C@H](CCc1ccccc1)NC(=O)C1(NC(=O)OCc2ccccc2)CCCC1. The first-order chi connectivity index (χ1) is 16.0. The first kappa shape index (κ1) is 24.3. The smallest absolute Gasteiger partial charge is 0.408 e. The van der Waals surface area contributed by atoms with Gasteiger partial charge in [-0.1, -0.05) is 73.5 Å². The van der Waals surface area contributed by atoms with Crippen molar-refractivity contribution in [3.63, 3.8) is 0 Å². The minimum Gasteiger partial charge on any atom is -0.464 e. The van der Waals surface area contributed by atoms with E-state index < -0.39 is 23.6 Å². The van der Waals surface area contributed by atoms with E-state index in [-0.39, 0.29) is 19.1 Å². The van der Waals surface area contributed by atoms with Crippen LogP contribution in [0.3, 0.4) is 0 Å². The largest absolute Gasteiger partial charge is 0.464 e. The maximum Gasteiger partial charge on any atom is 0.408 e. The molecule has 2 aromatic carbocycles. The van der Waals surface area contributed by atoms with Gasteiger partial charge in [-0.15, -0.1) is 0 Å². The zero-order chi connectivity index (χ0) is 23.5. The number of aryl methyl sites for hydroxylation is 1. The number of ether oxygens (including phenoxy) is 2. The molecule has 176 valence electrons. The van der Waals surface area contributed by atoms with Crippen molar-refractivity contribution in [2.45, 2.75) is 63.6 Å². The molecule has 7 heteroatoms. The predicted molar refractivity (Wildman–Crippen MR) is 124 cm³/mol. The predicted octanol–water partition coefficient (Wildman–Crippen LogP) is 3.91. The van der Waals surface area contributed by atoms with E-state index in [1.54, 1.807) is 6.92 Å². The summed E-state index contributed by atoms with van der Waals surface area (Å²) in [5.41, 5.74) is 0.839. The molecule has 1 aliphatic rings.